The number of rotatable bonds is 3. The van der Waals surface area contributed by atoms with E-state index in [-0.39, 0.29) is 22.0 Å². The van der Waals surface area contributed by atoms with Gasteiger partial charge < -0.3 is 9.84 Å². The largest absolute Gasteiger partial charge is 0.477 e. The monoisotopic (exact) mass is 317 g/mol. The molecule has 0 spiro atoms. The first-order valence-corrected chi connectivity index (χ1v) is 8.63. The predicted molar refractivity (Wildman–Crippen MR) is 72.7 cm³/mol. The second-order valence-corrected chi connectivity index (χ2v) is 8.28. The molecule has 2 atom stereocenters. The highest BCUT2D eigenvalue weighted by Gasteiger charge is 2.40. The number of hydrogen-bond acceptors (Lipinski definition) is 5. The summed E-state index contributed by atoms with van der Waals surface area (Å²) in [5.74, 6) is -1.10. The molecule has 1 aromatic heterocycles. The number of nitrogens with zero attached hydrogens (tertiary/aromatic N) is 1. The number of carboxylic acid groups (broad SMARTS) is 1. The Bertz CT molecular complexity index is 639. The van der Waals surface area contributed by atoms with Crippen molar-refractivity contribution in [3.63, 3.8) is 0 Å². The van der Waals surface area contributed by atoms with E-state index >= 15 is 0 Å². The number of carbonyl (C=O) groups is 1. The minimum absolute atomic E-state index is 0.0265. The lowest BCUT2D eigenvalue weighted by atomic mass is 10.2. The molecule has 1 aromatic rings. The van der Waals surface area contributed by atoms with Crippen LogP contribution in [0.15, 0.2) is 11.0 Å². The standard InChI is InChI=1S/C12H15NO5S2/c1-7-11(4-10(19-7)12(14)15)20(16,17)13-5-8-2-3-9(6-13)18-8/h4,8-9H,2-3,5-6H2,1H3,(H,14,15). The van der Waals surface area contributed by atoms with Crippen LogP contribution in [0, 0.1) is 6.92 Å². The second kappa shape index (κ2) is 4.80. The third kappa shape index (κ3) is 2.26. The van der Waals surface area contributed by atoms with Crippen molar-refractivity contribution in [1.29, 1.82) is 0 Å². The number of thiophene rings is 1. The summed E-state index contributed by atoms with van der Waals surface area (Å²) in [6.07, 6.45) is 1.72. The Balaban J connectivity index is 1.94. The molecule has 20 heavy (non-hydrogen) atoms. The van der Waals surface area contributed by atoms with Crippen LogP contribution < -0.4 is 0 Å². The highest BCUT2D eigenvalue weighted by molar-refractivity contribution is 7.89. The molecule has 0 saturated carbocycles. The molecule has 2 bridgehead atoms. The molecule has 3 heterocycles. The van der Waals surface area contributed by atoms with Gasteiger partial charge in [-0.05, 0) is 25.8 Å². The molecule has 2 saturated heterocycles. The van der Waals surface area contributed by atoms with Crippen LogP contribution in [-0.2, 0) is 14.8 Å². The normalized spacial score (nSPS) is 26.9. The van der Waals surface area contributed by atoms with Gasteiger partial charge in [0.05, 0.1) is 17.1 Å². The van der Waals surface area contributed by atoms with Crippen molar-refractivity contribution in [2.24, 2.45) is 0 Å². The summed E-state index contributed by atoms with van der Waals surface area (Å²) >= 11 is 0.994. The average molecular weight is 317 g/mol. The highest BCUT2D eigenvalue weighted by Crippen LogP contribution is 2.33. The molecule has 0 radical (unpaired) electrons. The molecule has 2 aliphatic rings. The molecule has 2 unspecified atom stereocenters. The van der Waals surface area contributed by atoms with Gasteiger partial charge in [-0.1, -0.05) is 0 Å². The summed E-state index contributed by atoms with van der Waals surface area (Å²) in [5, 5.41) is 8.97. The Kier molecular flexibility index (Phi) is 3.36. The Morgan fingerprint density at radius 3 is 2.50 bits per heavy atom. The van der Waals surface area contributed by atoms with Gasteiger partial charge in [-0.2, -0.15) is 4.31 Å². The summed E-state index contributed by atoms with van der Waals surface area (Å²) in [5.41, 5.74) is 0. The van der Waals surface area contributed by atoms with E-state index in [1.54, 1.807) is 6.92 Å². The lowest BCUT2D eigenvalue weighted by molar-refractivity contribution is -0.0114. The van der Waals surface area contributed by atoms with Gasteiger partial charge in [0, 0.05) is 18.0 Å². The average Bonchev–Trinajstić information content (AvgIpc) is 2.93. The van der Waals surface area contributed by atoms with E-state index in [1.165, 1.54) is 10.4 Å². The topological polar surface area (TPSA) is 83.9 Å². The third-order valence-corrected chi connectivity index (χ3v) is 6.84. The summed E-state index contributed by atoms with van der Waals surface area (Å²) in [4.78, 5) is 11.6. The minimum Gasteiger partial charge on any atom is -0.477 e. The number of morpholine rings is 1. The quantitative estimate of drug-likeness (QED) is 0.908. The van der Waals surface area contributed by atoms with Crippen LogP contribution >= 0.6 is 11.3 Å². The first-order valence-electron chi connectivity index (χ1n) is 6.37. The summed E-state index contributed by atoms with van der Waals surface area (Å²) < 4.78 is 32.4. The van der Waals surface area contributed by atoms with Gasteiger partial charge in [-0.15, -0.1) is 11.3 Å². The molecule has 6 nitrogen and oxygen atoms in total. The molecule has 8 heteroatoms. The SMILES string of the molecule is Cc1sc(C(=O)O)cc1S(=O)(=O)N1CC2CCC(C1)O2. The van der Waals surface area contributed by atoms with Crippen molar-refractivity contribution in [3.05, 3.63) is 15.8 Å². The van der Waals surface area contributed by atoms with E-state index in [1.807, 2.05) is 0 Å². The molecule has 1 N–H and O–H groups in total. The Morgan fingerprint density at radius 2 is 2.00 bits per heavy atom. The molecular formula is C12H15NO5S2. The lowest BCUT2D eigenvalue weighted by Crippen LogP contribution is -2.45. The molecule has 0 aliphatic carbocycles. The fourth-order valence-corrected chi connectivity index (χ4v) is 5.64. The highest BCUT2D eigenvalue weighted by atomic mass is 32.2. The number of fused-ring (bicyclic) bond motifs is 2. The zero-order valence-corrected chi connectivity index (χ0v) is 12.5. The van der Waals surface area contributed by atoms with Crippen molar-refractivity contribution >= 4 is 27.3 Å². The first kappa shape index (κ1) is 14.0. The Labute approximate surface area is 121 Å². The van der Waals surface area contributed by atoms with Crippen molar-refractivity contribution in [3.8, 4) is 0 Å². The van der Waals surface area contributed by atoms with Gasteiger partial charge in [0.2, 0.25) is 10.0 Å². The van der Waals surface area contributed by atoms with Crippen molar-refractivity contribution in [1.82, 2.24) is 4.31 Å². The van der Waals surface area contributed by atoms with Crippen LogP contribution in [-0.4, -0.2) is 49.1 Å². The minimum atomic E-state index is -3.63. The van der Waals surface area contributed by atoms with Gasteiger partial charge in [0.15, 0.2) is 0 Å². The first-order chi connectivity index (χ1) is 9.38. The molecule has 0 amide bonds. The summed E-state index contributed by atoms with van der Waals surface area (Å²) in [6, 6.07) is 1.26. The zero-order valence-electron chi connectivity index (χ0n) is 10.9. The van der Waals surface area contributed by atoms with Crippen LogP contribution in [0.2, 0.25) is 0 Å². The number of ether oxygens (including phenoxy) is 1. The lowest BCUT2D eigenvalue weighted by Gasteiger charge is -2.31. The Hall–Kier alpha value is -0.960. The molecular weight excluding hydrogens is 302 g/mol. The van der Waals surface area contributed by atoms with Crippen LogP contribution in [0.3, 0.4) is 0 Å². The number of sulfonamides is 1. The van der Waals surface area contributed by atoms with Crippen molar-refractivity contribution < 1.29 is 23.1 Å². The maximum atomic E-state index is 12.6. The number of carboxylic acids is 1. The van der Waals surface area contributed by atoms with Gasteiger partial charge in [0.1, 0.15) is 4.88 Å². The molecule has 2 aliphatic heterocycles. The van der Waals surface area contributed by atoms with E-state index in [2.05, 4.69) is 0 Å². The van der Waals surface area contributed by atoms with Crippen molar-refractivity contribution in [2.45, 2.75) is 36.9 Å². The van der Waals surface area contributed by atoms with Gasteiger partial charge in [0.25, 0.3) is 0 Å². The summed E-state index contributed by atoms with van der Waals surface area (Å²) in [6.45, 7) is 2.35. The zero-order chi connectivity index (χ0) is 14.5. The van der Waals surface area contributed by atoms with Crippen LogP contribution in [0.4, 0.5) is 0 Å². The molecule has 110 valence electrons. The molecule has 3 rings (SSSR count). The van der Waals surface area contributed by atoms with E-state index in [0.717, 1.165) is 24.2 Å². The number of aryl methyl sites for hydroxylation is 1. The van der Waals surface area contributed by atoms with Crippen LogP contribution in [0.25, 0.3) is 0 Å². The molecule has 2 fully saturated rings. The Morgan fingerprint density at radius 1 is 1.40 bits per heavy atom. The number of hydrogen-bond donors (Lipinski definition) is 1. The van der Waals surface area contributed by atoms with E-state index < -0.39 is 16.0 Å². The molecule has 0 aromatic carbocycles. The second-order valence-electron chi connectivity index (χ2n) is 5.12. The predicted octanol–water partition coefficient (Wildman–Crippen LogP) is 1.31. The number of aromatic carboxylic acids is 1. The van der Waals surface area contributed by atoms with Gasteiger partial charge in [-0.25, -0.2) is 13.2 Å². The summed E-state index contributed by atoms with van der Waals surface area (Å²) in [7, 11) is -3.63. The van der Waals surface area contributed by atoms with Gasteiger partial charge in [-0.3, -0.25) is 0 Å². The van der Waals surface area contributed by atoms with Crippen molar-refractivity contribution in [2.75, 3.05) is 13.1 Å². The fraction of sp³-hybridized carbons (Fsp3) is 0.583. The third-order valence-electron chi connectivity index (χ3n) is 3.71. The maximum Gasteiger partial charge on any atom is 0.345 e. The smallest absolute Gasteiger partial charge is 0.345 e. The van der Waals surface area contributed by atoms with E-state index in [0.29, 0.717) is 18.0 Å². The van der Waals surface area contributed by atoms with Gasteiger partial charge >= 0.3 is 5.97 Å². The van der Waals surface area contributed by atoms with E-state index in [4.69, 9.17) is 9.84 Å². The van der Waals surface area contributed by atoms with Crippen LogP contribution in [0.5, 0.6) is 0 Å². The maximum absolute atomic E-state index is 12.6. The van der Waals surface area contributed by atoms with E-state index in [9.17, 15) is 13.2 Å². The van der Waals surface area contributed by atoms with Crippen LogP contribution in [0.1, 0.15) is 27.4 Å². The fourth-order valence-electron chi connectivity index (χ4n) is 2.74.